The first-order valence-electron chi connectivity index (χ1n) is 9.72. The van der Waals surface area contributed by atoms with Crippen molar-refractivity contribution in [3.8, 4) is 11.9 Å². The van der Waals surface area contributed by atoms with Crippen LogP contribution >= 0.6 is 0 Å². The molecule has 1 unspecified atom stereocenters. The zero-order chi connectivity index (χ0) is 24.4. The Morgan fingerprint density at radius 3 is 2.64 bits per heavy atom. The van der Waals surface area contributed by atoms with E-state index in [0.29, 0.717) is 16.6 Å². The van der Waals surface area contributed by atoms with Gasteiger partial charge in [0.25, 0.3) is 5.91 Å². The summed E-state index contributed by atoms with van der Waals surface area (Å²) in [5.41, 5.74) is -1.37. The molecule has 0 fully saturated rings. The molecule has 0 aliphatic rings. The van der Waals surface area contributed by atoms with Crippen LogP contribution in [0, 0.1) is 11.3 Å². The van der Waals surface area contributed by atoms with Crippen LogP contribution in [0.5, 0.6) is 0 Å². The molecular weight excluding hydrogens is 444 g/mol. The van der Waals surface area contributed by atoms with Crippen molar-refractivity contribution in [1.82, 2.24) is 19.9 Å². The van der Waals surface area contributed by atoms with Crippen LogP contribution in [0.1, 0.15) is 29.8 Å². The summed E-state index contributed by atoms with van der Waals surface area (Å²) in [5, 5.41) is 23.7. The van der Waals surface area contributed by atoms with Gasteiger partial charge >= 0.3 is 6.18 Å². The van der Waals surface area contributed by atoms with Crippen LogP contribution in [0.15, 0.2) is 36.8 Å². The number of nitrogens with one attached hydrogen (secondary N) is 2. The topological polar surface area (TPSA) is 116 Å². The van der Waals surface area contributed by atoms with Gasteiger partial charge in [-0.05, 0) is 26.0 Å². The maximum absolute atomic E-state index is 14.0. The Labute approximate surface area is 185 Å². The highest BCUT2D eigenvalue weighted by Crippen LogP contribution is 2.24. The van der Waals surface area contributed by atoms with Crippen LogP contribution in [0.4, 0.5) is 23.2 Å². The smallest absolute Gasteiger partial charge is 0.387 e. The number of aliphatic hydroxyl groups is 1. The molecule has 3 aromatic heterocycles. The molecule has 0 radical (unpaired) electrons. The Bertz CT molecular complexity index is 1210. The third kappa shape index (κ3) is 5.75. The summed E-state index contributed by atoms with van der Waals surface area (Å²) in [6.45, 7) is 0.496. The second-order valence-corrected chi connectivity index (χ2v) is 7.82. The molecule has 174 valence electrons. The van der Waals surface area contributed by atoms with E-state index in [-0.39, 0.29) is 17.1 Å². The van der Waals surface area contributed by atoms with E-state index in [4.69, 9.17) is 5.26 Å². The van der Waals surface area contributed by atoms with E-state index < -0.39 is 36.9 Å². The number of fused-ring (bicyclic) bond motifs is 1. The lowest BCUT2D eigenvalue weighted by molar-refractivity contribution is -0.115. The lowest BCUT2D eigenvalue weighted by Crippen LogP contribution is -2.42. The molecule has 8 nitrogen and oxygen atoms in total. The number of halogens is 4. The van der Waals surface area contributed by atoms with Crippen molar-refractivity contribution < 1.29 is 27.5 Å². The molecule has 3 N–H and O–H groups in total. The highest BCUT2D eigenvalue weighted by molar-refractivity contribution is 5.99. The SMILES string of the molecule is CC(C)(O)C(F)CNC(=O)c1cnc(-n2ccc3cc(C#N)cnc32)cc1NCC(F)(F)F. The highest BCUT2D eigenvalue weighted by atomic mass is 19.4. The van der Waals surface area contributed by atoms with Crippen molar-refractivity contribution in [3.63, 3.8) is 0 Å². The number of aromatic nitrogens is 3. The van der Waals surface area contributed by atoms with Crippen molar-refractivity contribution in [2.75, 3.05) is 18.4 Å². The number of alkyl halides is 4. The molecule has 12 heteroatoms. The summed E-state index contributed by atoms with van der Waals surface area (Å²) in [4.78, 5) is 20.9. The maximum Gasteiger partial charge on any atom is 0.405 e. The molecule has 0 aliphatic carbocycles. The van der Waals surface area contributed by atoms with Gasteiger partial charge in [-0.25, -0.2) is 14.4 Å². The first-order chi connectivity index (χ1) is 15.4. The van der Waals surface area contributed by atoms with E-state index in [1.165, 1.54) is 30.7 Å². The first kappa shape index (κ1) is 23.9. The number of carbonyl (C=O) groups excluding carboxylic acids is 1. The number of carbonyl (C=O) groups is 1. The minimum Gasteiger partial charge on any atom is -0.387 e. The monoisotopic (exact) mass is 464 g/mol. The van der Waals surface area contributed by atoms with Crippen LogP contribution in [0.3, 0.4) is 0 Å². The molecular formula is C21H20F4N6O2. The van der Waals surface area contributed by atoms with Crippen LogP contribution in [0.25, 0.3) is 16.9 Å². The third-order valence-electron chi connectivity index (χ3n) is 4.72. The van der Waals surface area contributed by atoms with Gasteiger partial charge in [0, 0.05) is 30.0 Å². The molecule has 0 aliphatic heterocycles. The van der Waals surface area contributed by atoms with Crippen molar-refractivity contribution in [3.05, 3.63) is 47.9 Å². The van der Waals surface area contributed by atoms with E-state index in [9.17, 15) is 27.5 Å². The Hall–Kier alpha value is -3.72. The Morgan fingerprint density at radius 2 is 2.00 bits per heavy atom. The normalized spacial score (nSPS) is 12.9. The van der Waals surface area contributed by atoms with Gasteiger partial charge in [-0.1, -0.05) is 0 Å². The molecule has 33 heavy (non-hydrogen) atoms. The minimum atomic E-state index is -4.56. The second kappa shape index (κ2) is 9.03. The van der Waals surface area contributed by atoms with E-state index >= 15 is 0 Å². The van der Waals surface area contributed by atoms with Gasteiger partial charge in [-0.15, -0.1) is 0 Å². The van der Waals surface area contributed by atoms with Gasteiger partial charge in [0.05, 0.1) is 29.0 Å². The number of nitrogens with zero attached hydrogens (tertiary/aromatic N) is 4. The van der Waals surface area contributed by atoms with Crippen LogP contribution < -0.4 is 10.6 Å². The maximum atomic E-state index is 14.0. The van der Waals surface area contributed by atoms with Gasteiger partial charge in [-0.2, -0.15) is 18.4 Å². The predicted molar refractivity (Wildman–Crippen MR) is 112 cm³/mol. The van der Waals surface area contributed by atoms with E-state index in [1.54, 1.807) is 18.3 Å². The van der Waals surface area contributed by atoms with Gasteiger partial charge in [0.2, 0.25) is 0 Å². The number of nitriles is 1. The molecule has 0 spiro atoms. The van der Waals surface area contributed by atoms with Crippen LogP contribution in [-0.2, 0) is 0 Å². The number of pyridine rings is 2. The standard InChI is InChI=1S/C21H20F4N6O2/c1-20(2,33)16(22)10-29-19(32)14-9-27-17(6-15(14)30-11-21(23,24)25)31-4-3-13-5-12(7-26)8-28-18(13)31/h3-6,8-9,16,33H,10-11H2,1-2H3,(H,27,30)(H,29,32). The van der Waals surface area contributed by atoms with Gasteiger partial charge in [0.15, 0.2) is 0 Å². The van der Waals surface area contributed by atoms with Crippen molar-refractivity contribution in [2.24, 2.45) is 0 Å². The van der Waals surface area contributed by atoms with Crippen molar-refractivity contribution in [1.29, 1.82) is 5.26 Å². The second-order valence-electron chi connectivity index (χ2n) is 7.82. The lowest BCUT2D eigenvalue weighted by Gasteiger charge is -2.22. The van der Waals surface area contributed by atoms with E-state index in [0.717, 1.165) is 6.20 Å². The number of anilines is 1. The lowest BCUT2D eigenvalue weighted by atomic mass is 10.0. The Morgan fingerprint density at radius 1 is 1.27 bits per heavy atom. The summed E-state index contributed by atoms with van der Waals surface area (Å²) in [7, 11) is 0. The molecule has 3 aromatic rings. The molecule has 0 saturated carbocycles. The molecule has 3 rings (SSSR count). The molecule has 3 heterocycles. The highest BCUT2D eigenvalue weighted by Gasteiger charge is 2.29. The average Bonchev–Trinajstić information content (AvgIpc) is 3.17. The summed E-state index contributed by atoms with van der Waals surface area (Å²) in [6.07, 6.45) is -2.37. The third-order valence-corrected chi connectivity index (χ3v) is 4.72. The Balaban J connectivity index is 1.95. The molecule has 0 bridgehead atoms. The fraction of sp³-hybridized carbons (Fsp3) is 0.333. The minimum absolute atomic E-state index is 0.170. The zero-order valence-electron chi connectivity index (χ0n) is 17.6. The van der Waals surface area contributed by atoms with E-state index in [2.05, 4.69) is 20.6 Å². The number of hydrogen-bond acceptors (Lipinski definition) is 6. The predicted octanol–water partition coefficient (Wildman–Crippen LogP) is 3.11. The van der Waals surface area contributed by atoms with Crippen LogP contribution in [0.2, 0.25) is 0 Å². The number of amides is 1. The summed E-state index contributed by atoms with van der Waals surface area (Å²) in [6, 6.07) is 6.46. The first-order valence-corrected chi connectivity index (χ1v) is 9.72. The quantitative estimate of drug-likeness (QED) is 0.463. The number of rotatable bonds is 7. The fourth-order valence-corrected chi connectivity index (χ4v) is 2.90. The summed E-state index contributed by atoms with van der Waals surface area (Å²) < 4.78 is 53.9. The fourth-order valence-electron chi connectivity index (χ4n) is 2.90. The molecule has 1 amide bonds. The number of hydrogen-bond donors (Lipinski definition) is 3. The van der Waals surface area contributed by atoms with Gasteiger partial charge in [-0.3, -0.25) is 9.36 Å². The van der Waals surface area contributed by atoms with Crippen molar-refractivity contribution in [2.45, 2.75) is 31.8 Å². The van der Waals surface area contributed by atoms with Gasteiger partial charge < -0.3 is 15.7 Å². The summed E-state index contributed by atoms with van der Waals surface area (Å²) >= 11 is 0. The largest absolute Gasteiger partial charge is 0.405 e. The average molecular weight is 464 g/mol. The van der Waals surface area contributed by atoms with Gasteiger partial charge in [0.1, 0.15) is 30.3 Å². The van der Waals surface area contributed by atoms with Crippen molar-refractivity contribution >= 4 is 22.6 Å². The van der Waals surface area contributed by atoms with Crippen LogP contribution in [-0.4, -0.2) is 56.6 Å². The molecule has 1 atom stereocenters. The Kier molecular flexibility index (Phi) is 6.55. The summed E-state index contributed by atoms with van der Waals surface area (Å²) in [5.74, 6) is -0.692. The molecule has 0 saturated heterocycles. The van der Waals surface area contributed by atoms with E-state index in [1.807, 2.05) is 6.07 Å². The molecule has 0 aromatic carbocycles. The zero-order valence-corrected chi connectivity index (χ0v) is 17.6.